The summed E-state index contributed by atoms with van der Waals surface area (Å²) in [7, 11) is 1.64. The Morgan fingerprint density at radius 2 is 2.33 bits per heavy atom. The highest BCUT2D eigenvalue weighted by atomic mass is 32.2. The molecule has 21 heavy (non-hydrogen) atoms. The molecule has 1 aromatic carbocycles. The van der Waals surface area contributed by atoms with Crippen molar-refractivity contribution in [1.82, 2.24) is 4.90 Å². The molecule has 1 heterocycles. The number of hydrogen-bond donors (Lipinski definition) is 0. The maximum atomic E-state index is 12.7. The summed E-state index contributed by atoms with van der Waals surface area (Å²) < 4.78 is 5.21. The number of rotatable bonds is 7. The quantitative estimate of drug-likeness (QED) is 0.571. The number of ether oxygens (including phenoxy) is 1. The molecule has 0 aliphatic carbocycles. The van der Waals surface area contributed by atoms with Gasteiger partial charge in [-0.15, -0.1) is 0 Å². The first-order valence-corrected chi connectivity index (χ1v) is 9.03. The normalized spacial score (nSPS) is 19.4. The van der Waals surface area contributed by atoms with E-state index in [1.807, 2.05) is 36.0 Å². The van der Waals surface area contributed by atoms with Crippen molar-refractivity contribution >= 4 is 17.5 Å². The average Bonchev–Trinajstić information content (AvgIpc) is 2.55. The Morgan fingerprint density at radius 1 is 1.48 bits per heavy atom. The van der Waals surface area contributed by atoms with E-state index in [9.17, 15) is 4.79 Å². The topological polar surface area (TPSA) is 29.5 Å². The van der Waals surface area contributed by atoms with Crippen LogP contribution in [-0.2, 0) is 0 Å². The molecule has 116 valence electrons. The Hall–Kier alpha value is -1.00. The Labute approximate surface area is 132 Å². The van der Waals surface area contributed by atoms with Crippen molar-refractivity contribution < 1.29 is 9.53 Å². The number of carbonyl (C=O) groups is 1. The summed E-state index contributed by atoms with van der Waals surface area (Å²) in [5, 5.41) is 0. The van der Waals surface area contributed by atoms with Crippen molar-refractivity contribution in [3.05, 3.63) is 29.8 Å². The molecule has 3 nitrogen and oxygen atoms in total. The van der Waals surface area contributed by atoms with E-state index in [1.54, 1.807) is 7.11 Å². The van der Waals surface area contributed by atoms with Crippen LogP contribution >= 0.6 is 11.8 Å². The van der Waals surface area contributed by atoms with Crippen molar-refractivity contribution in [2.45, 2.75) is 19.3 Å². The lowest BCUT2D eigenvalue weighted by molar-refractivity contribution is 0.0820. The van der Waals surface area contributed by atoms with Crippen molar-refractivity contribution in [2.75, 3.05) is 38.8 Å². The summed E-state index contributed by atoms with van der Waals surface area (Å²) >= 11 is 1.89. The molecule has 0 unspecified atom stereocenters. The van der Waals surface area contributed by atoms with Crippen molar-refractivity contribution in [2.24, 2.45) is 5.92 Å². The molecule has 1 aromatic rings. The lowest BCUT2D eigenvalue weighted by atomic mass is 9.90. The van der Waals surface area contributed by atoms with Gasteiger partial charge in [0.15, 0.2) is 5.78 Å². The number of ketones is 1. The molecule has 0 spiro atoms. The lowest BCUT2D eigenvalue weighted by Gasteiger charge is -2.32. The summed E-state index contributed by atoms with van der Waals surface area (Å²) in [6.45, 7) is 3.16. The smallest absolute Gasteiger partial charge is 0.167 e. The van der Waals surface area contributed by atoms with E-state index in [0.717, 1.165) is 43.8 Å². The van der Waals surface area contributed by atoms with Crippen LogP contribution in [0.15, 0.2) is 24.3 Å². The average molecular weight is 307 g/mol. The first-order valence-electron chi connectivity index (χ1n) is 7.64. The van der Waals surface area contributed by atoms with Crippen molar-refractivity contribution in [1.29, 1.82) is 0 Å². The largest absolute Gasteiger partial charge is 0.497 e. The third kappa shape index (κ3) is 4.75. The molecule has 1 aliphatic rings. The van der Waals surface area contributed by atoms with E-state index in [2.05, 4.69) is 11.2 Å². The van der Waals surface area contributed by atoms with E-state index < -0.39 is 0 Å². The standard InChI is InChI=1S/C17H25NO2S/c1-20-16-8-3-6-14(12-16)17(19)15-7-4-9-18(13-15)10-5-11-21-2/h3,6,8,12,15H,4-5,7,9-11,13H2,1-2H3/t15-/m1/s1. The third-order valence-corrected chi connectivity index (χ3v) is 4.75. The Bertz CT molecular complexity index is 464. The Kier molecular flexibility index (Phi) is 6.58. The molecule has 2 rings (SSSR count). The van der Waals surface area contributed by atoms with Gasteiger partial charge in [-0.1, -0.05) is 12.1 Å². The van der Waals surface area contributed by atoms with E-state index in [-0.39, 0.29) is 11.7 Å². The Morgan fingerprint density at radius 3 is 3.10 bits per heavy atom. The zero-order valence-electron chi connectivity index (χ0n) is 13.0. The monoisotopic (exact) mass is 307 g/mol. The molecule has 1 atom stereocenters. The summed E-state index contributed by atoms with van der Waals surface area (Å²) in [6.07, 6.45) is 5.49. The van der Waals surface area contributed by atoms with Crippen LogP contribution in [-0.4, -0.2) is 49.4 Å². The number of hydrogen-bond acceptors (Lipinski definition) is 4. The first kappa shape index (κ1) is 16.4. The van der Waals surface area contributed by atoms with Gasteiger partial charge in [-0.2, -0.15) is 11.8 Å². The second kappa shape index (κ2) is 8.44. The van der Waals surface area contributed by atoms with Crippen LogP contribution in [0.2, 0.25) is 0 Å². The molecule has 0 bridgehead atoms. The van der Waals surface area contributed by atoms with E-state index in [0.29, 0.717) is 0 Å². The molecule has 0 amide bonds. The number of Topliss-reactive ketones (excluding diaryl/α,β-unsaturated/α-hetero) is 1. The first-order chi connectivity index (χ1) is 10.2. The van der Waals surface area contributed by atoms with Gasteiger partial charge in [0.25, 0.3) is 0 Å². The number of carbonyl (C=O) groups excluding carboxylic acids is 1. The van der Waals surface area contributed by atoms with Gasteiger partial charge in [-0.3, -0.25) is 4.79 Å². The van der Waals surface area contributed by atoms with Crippen LogP contribution in [0.3, 0.4) is 0 Å². The molecule has 1 saturated heterocycles. The molecular weight excluding hydrogens is 282 g/mol. The molecular formula is C17H25NO2S. The van der Waals surface area contributed by atoms with Gasteiger partial charge in [0.05, 0.1) is 7.11 Å². The van der Waals surface area contributed by atoms with E-state index in [4.69, 9.17) is 4.74 Å². The van der Waals surface area contributed by atoms with E-state index in [1.165, 1.54) is 12.2 Å². The van der Waals surface area contributed by atoms with Crippen molar-refractivity contribution in [3.63, 3.8) is 0 Å². The fraction of sp³-hybridized carbons (Fsp3) is 0.588. The maximum Gasteiger partial charge on any atom is 0.167 e. The SMILES string of the molecule is COc1cccc(C(=O)[C@@H]2CCCN(CCCSC)C2)c1. The fourth-order valence-electron chi connectivity index (χ4n) is 2.92. The molecule has 0 saturated carbocycles. The van der Waals surface area contributed by atoms with Crippen LogP contribution < -0.4 is 4.74 Å². The minimum absolute atomic E-state index is 0.139. The summed E-state index contributed by atoms with van der Waals surface area (Å²) in [6, 6.07) is 7.53. The number of benzene rings is 1. The molecule has 0 radical (unpaired) electrons. The van der Waals surface area contributed by atoms with E-state index >= 15 is 0 Å². The van der Waals surface area contributed by atoms with Crippen LogP contribution in [0.4, 0.5) is 0 Å². The molecule has 0 aromatic heterocycles. The summed E-state index contributed by atoms with van der Waals surface area (Å²) in [5.41, 5.74) is 0.783. The molecule has 4 heteroatoms. The predicted octanol–water partition coefficient (Wildman–Crippen LogP) is 3.34. The number of piperidine rings is 1. The predicted molar refractivity (Wildman–Crippen MR) is 89.5 cm³/mol. The van der Waals surface area contributed by atoms with Gasteiger partial charge >= 0.3 is 0 Å². The highest BCUT2D eigenvalue weighted by Crippen LogP contribution is 2.23. The molecule has 0 N–H and O–H groups in total. The van der Waals surface area contributed by atoms with Gasteiger partial charge < -0.3 is 9.64 Å². The Balaban J connectivity index is 1.94. The van der Waals surface area contributed by atoms with Crippen molar-refractivity contribution in [3.8, 4) is 5.75 Å². The van der Waals surface area contributed by atoms with Gasteiger partial charge in [0.2, 0.25) is 0 Å². The minimum atomic E-state index is 0.139. The second-order valence-corrected chi connectivity index (χ2v) is 6.57. The van der Waals surface area contributed by atoms with Gasteiger partial charge in [0, 0.05) is 18.0 Å². The zero-order valence-corrected chi connectivity index (χ0v) is 13.8. The highest BCUT2D eigenvalue weighted by molar-refractivity contribution is 7.98. The van der Waals surface area contributed by atoms with Crippen LogP contribution in [0, 0.1) is 5.92 Å². The third-order valence-electron chi connectivity index (χ3n) is 4.05. The summed E-state index contributed by atoms with van der Waals surface area (Å²) in [5.74, 6) is 2.36. The molecule has 1 fully saturated rings. The number of likely N-dealkylation sites (tertiary alicyclic amines) is 1. The van der Waals surface area contributed by atoms with Crippen LogP contribution in [0.1, 0.15) is 29.6 Å². The summed E-state index contributed by atoms with van der Waals surface area (Å²) in [4.78, 5) is 15.1. The van der Waals surface area contributed by atoms with Crippen LogP contribution in [0.5, 0.6) is 5.75 Å². The number of thioether (sulfide) groups is 1. The number of methoxy groups -OCH3 is 1. The van der Waals surface area contributed by atoms with Crippen LogP contribution in [0.25, 0.3) is 0 Å². The number of nitrogens with zero attached hydrogens (tertiary/aromatic N) is 1. The van der Waals surface area contributed by atoms with Gasteiger partial charge in [-0.25, -0.2) is 0 Å². The van der Waals surface area contributed by atoms with Gasteiger partial charge in [-0.05, 0) is 56.5 Å². The lowest BCUT2D eigenvalue weighted by Crippen LogP contribution is -2.39. The highest BCUT2D eigenvalue weighted by Gasteiger charge is 2.26. The zero-order chi connectivity index (χ0) is 15.1. The second-order valence-electron chi connectivity index (χ2n) is 5.58. The fourth-order valence-corrected chi connectivity index (χ4v) is 3.33. The maximum absolute atomic E-state index is 12.7. The minimum Gasteiger partial charge on any atom is -0.497 e. The van der Waals surface area contributed by atoms with Gasteiger partial charge in [0.1, 0.15) is 5.75 Å². The molecule has 1 aliphatic heterocycles.